The van der Waals surface area contributed by atoms with Crippen molar-refractivity contribution in [2.75, 3.05) is 13.2 Å². The SMILES string of the molecule is CCOCCCC(=O)NC1CCCCC1N. The fourth-order valence-electron chi connectivity index (χ4n) is 2.10. The summed E-state index contributed by atoms with van der Waals surface area (Å²) in [6, 6.07) is 0.331. The van der Waals surface area contributed by atoms with Crippen LogP contribution in [0, 0.1) is 0 Å². The van der Waals surface area contributed by atoms with Gasteiger partial charge in [-0.2, -0.15) is 0 Å². The zero-order chi connectivity index (χ0) is 11.8. The zero-order valence-electron chi connectivity index (χ0n) is 10.2. The Hall–Kier alpha value is -0.610. The lowest BCUT2D eigenvalue weighted by Gasteiger charge is -2.29. The molecule has 4 nitrogen and oxygen atoms in total. The van der Waals surface area contributed by atoms with Crippen LogP contribution >= 0.6 is 0 Å². The summed E-state index contributed by atoms with van der Waals surface area (Å²) in [4.78, 5) is 11.6. The Bertz CT molecular complexity index is 209. The second kappa shape index (κ2) is 7.63. The van der Waals surface area contributed by atoms with Crippen molar-refractivity contribution in [2.45, 2.75) is 57.5 Å². The molecule has 1 rings (SSSR count). The van der Waals surface area contributed by atoms with E-state index in [0.717, 1.165) is 25.9 Å². The van der Waals surface area contributed by atoms with Gasteiger partial charge >= 0.3 is 0 Å². The zero-order valence-corrected chi connectivity index (χ0v) is 10.2. The van der Waals surface area contributed by atoms with E-state index in [0.29, 0.717) is 13.0 Å². The van der Waals surface area contributed by atoms with Crippen LogP contribution in [0.1, 0.15) is 45.4 Å². The van der Waals surface area contributed by atoms with Crippen LogP contribution in [0.2, 0.25) is 0 Å². The number of carbonyl (C=O) groups excluding carboxylic acids is 1. The van der Waals surface area contributed by atoms with Crippen molar-refractivity contribution in [1.82, 2.24) is 5.32 Å². The van der Waals surface area contributed by atoms with Gasteiger partial charge in [0.2, 0.25) is 5.91 Å². The lowest BCUT2D eigenvalue weighted by molar-refractivity contribution is -0.122. The second-order valence-corrected chi connectivity index (χ2v) is 4.42. The van der Waals surface area contributed by atoms with Gasteiger partial charge in [-0.25, -0.2) is 0 Å². The summed E-state index contributed by atoms with van der Waals surface area (Å²) in [6.45, 7) is 3.34. The van der Waals surface area contributed by atoms with Crippen molar-refractivity contribution in [2.24, 2.45) is 5.73 Å². The highest BCUT2D eigenvalue weighted by Crippen LogP contribution is 2.16. The third kappa shape index (κ3) is 4.94. The number of nitrogens with one attached hydrogen (secondary N) is 1. The van der Waals surface area contributed by atoms with Gasteiger partial charge in [0.1, 0.15) is 0 Å². The topological polar surface area (TPSA) is 64.3 Å². The quantitative estimate of drug-likeness (QED) is 0.671. The minimum atomic E-state index is 0.113. The van der Waals surface area contributed by atoms with Crippen LogP contribution in [0.15, 0.2) is 0 Å². The monoisotopic (exact) mass is 228 g/mol. The van der Waals surface area contributed by atoms with Crippen LogP contribution in [0.25, 0.3) is 0 Å². The van der Waals surface area contributed by atoms with E-state index in [1.54, 1.807) is 0 Å². The first-order valence-corrected chi connectivity index (χ1v) is 6.36. The van der Waals surface area contributed by atoms with E-state index in [9.17, 15) is 4.79 Å². The molecule has 0 aromatic heterocycles. The molecule has 0 spiro atoms. The van der Waals surface area contributed by atoms with Gasteiger partial charge in [0.15, 0.2) is 0 Å². The Morgan fingerprint density at radius 3 is 2.88 bits per heavy atom. The summed E-state index contributed by atoms with van der Waals surface area (Å²) < 4.78 is 5.19. The molecule has 0 aromatic carbocycles. The van der Waals surface area contributed by atoms with Crippen LogP contribution in [0.4, 0.5) is 0 Å². The van der Waals surface area contributed by atoms with E-state index < -0.39 is 0 Å². The molecule has 1 amide bonds. The van der Waals surface area contributed by atoms with E-state index in [-0.39, 0.29) is 18.0 Å². The fourth-order valence-corrected chi connectivity index (χ4v) is 2.10. The molecule has 0 radical (unpaired) electrons. The molecule has 0 heterocycles. The molecule has 0 saturated heterocycles. The second-order valence-electron chi connectivity index (χ2n) is 4.42. The highest BCUT2D eigenvalue weighted by Gasteiger charge is 2.22. The molecule has 0 bridgehead atoms. The van der Waals surface area contributed by atoms with Crippen LogP contribution in [-0.4, -0.2) is 31.2 Å². The number of hydrogen-bond acceptors (Lipinski definition) is 3. The summed E-state index contributed by atoms with van der Waals surface area (Å²) in [5, 5.41) is 3.03. The molecular formula is C12H24N2O2. The number of carbonyl (C=O) groups is 1. The lowest BCUT2D eigenvalue weighted by atomic mass is 9.91. The van der Waals surface area contributed by atoms with Crippen LogP contribution in [-0.2, 0) is 9.53 Å². The van der Waals surface area contributed by atoms with Crippen molar-refractivity contribution in [3.63, 3.8) is 0 Å². The number of nitrogens with two attached hydrogens (primary N) is 1. The third-order valence-corrected chi connectivity index (χ3v) is 3.06. The molecule has 16 heavy (non-hydrogen) atoms. The largest absolute Gasteiger partial charge is 0.382 e. The van der Waals surface area contributed by atoms with E-state index in [1.807, 2.05) is 6.92 Å². The van der Waals surface area contributed by atoms with E-state index in [4.69, 9.17) is 10.5 Å². The molecule has 94 valence electrons. The minimum Gasteiger partial charge on any atom is -0.382 e. The summed E-state index contributed by atoms with van der Waals surface area (Å²) in [5.41, 5.74) is 5.96. The van der Waals surface area contributed by atoms with E-state index in [2.05, 4.69) is 5.32 Å². The maximum Gasteiger partial charge on any atom is 0.220 e. The van der Waals surface area contributed by atoms with E-state index >= 15 is 0 Å². The molecule has 3 N–H and O–H groups in total. The first-order chi connectivity index (χ1) is 7.74. The number of rotatable bonds is 6. The Balaban J connectivity index is 2.12. The summed E-state index contributed by atoms with van der Waals surface area (Å²) >= 11 is 0. The number of amides is 1. The number of ether oxygens (including phenoxy) is 1. The van der Waals surface area contributed by atoms with Gasteiger partial charge in [0.05, 0.1) is 0 Å². The van der Waals surface area contributed by atoms with Crippen LogP contribution < -0.4 is 11.1 Å². The van der Waals surface area contributed by atoms with Gasteiger partial charge in [0.25, 0.3) is 0 Å². The van der Waals surface area contributed by atoms with Gasteiger partial charge in [-0.1, -0.05) is 12.8 Å². The smallest absolute Gasteiger partial charge is 0.220 e. The van der Waals surface area contributed by atoms with Gasteiger partial charge in [0, 0.05) is 31.7 Å². The standard InChI is InChI=1S/C12H24N2O2/c1-2-16-9-5-8-12(15)14-11-7-4-3-6-10(11)13/h10-11H,2-9,13H2,1H3,(H,14,15). The molecule has 1 aliphatic carbocycles. The molecule has 0 aromatic rings. The minimum absolute atomic E-state index is 0.113. The van der Waals surface area contributed by atoms with Gasteiger partial charge in [-0.15, -0.1) is 0 Å². The first kappa shape index (κ1) is 13.5. The normalized spacial score (nSPS) is 25.4. The Kier molecular flexibility index (Phi) is 6.42. The predicted molar refractivity (Wildman–Crippen MR) is 64.1 cm³/mol. The molecular weight excluding hydrogens is 204 g/mol. The van der Waals surface area contributed by atoms with Crippen LogP contribution in [0.3, 0.4) is 0 Å². The molecule has 2 unspecified atom stereocenters. The fraction of sp³-hybridized carbons (Fsp3) is 0.917. The molecule has 0 aliphatic heterocycles. The van der Waals surface area contributed by atoms with Gasteiger partial charge < -0.3 is 15.8 Å². The van der Waals surface area contributed by atoms with Gasteiger partial charge in [-0.05, 0) is 26.2 Å². The first-order valence-electron chi connectivity index (χ1n) is 6.36. The van der Waals surface area contributed by atoms with Crippen molar-refractivity contribution in [3.8, 4) is 0 Å². The Morgan fingerprint density at radius 2 is 2.19 bits per heavy atom. The van der Waals surface area contributed by atoms with Crippen molar-refractivity contribution < 1.29 is 9.53 Å². The summed E-state index contributed by atoms with van der Waals surface area (Å²) in [6.07, 6.45) is 5.77. The van der Waals surface area contributed by atoms with Crippen molar-refractivity contribution in [1.29, 1.82) is 0 Å². The summed E-state index contributed by atoms with van der Waals surface area (Å²) in [5.74, 6) is 0.113. The van der Waals surface area contributed by atoms with Crippen molar-refractivity contribution in [3.05, 3.63) is 0 Å². The lowest BCUT2D eigenvalue weighted by Crippen LogP contribution is -2.49. The molecule has 1 fully saturated rings. The average molecular weight is 228 g/mol. The highest BCUT2D eigenvalue weighted by molar-refractivity contribution is 5.76. The maximum atomic E-state index is 11.6. The van der Waals surface area contributed by atoms with Crippen molar-refractivity contribution >= 4 is 5.91 Å². The highest BCUT2D eigenvalue weighted by atomic mass is 16.5. The number of hydrogen-bond donors (Lipinski definition) is 2. The molecule has 1 saturated carbocycles. The van der Waals surface area contributed by atoms with Gasteiger partial charge in [-0.3, -0.25) is 4.79 Å². The van der Waals surface area contributed by atoms with Crippen LogP contribution in [0.5, 0.6) is 0 Å². The predicted octanol–water partition coefficient (Wildman–Crippen LogP) is 1.19. The Labute approximate surface area is 97.9 Å². The summed E-state index contributed by atoms with van der Waals surface area (Å²) in [7, 11) is 0. The maximum absolute atomic E-state index is 11.6. The molecule has 1 aliphatic rings. The molecule has 4 heteroatoms. The molecule has 2 atom stereocenters. The van der Waals surface area contributed by atoms with E-state index in [1.165, 1.54) is 12.8 Å². The Morgan fingerprint density at radius 1 is 1.44 bits per heavy atom. The average Bonchev–Trinajstić information content (AvgIpc) is 2.28. The third-order valence-electron chi connectivity index (χ3n) is 3.06.